The SMILES string of the molecule is c1ccc(-c2ccc(-c3ccc(-c4ccc5c(c4)Oc4ccccc4C5(c4ccccc4)c4ccccc4)o3)cc2)cc1. The van der Waals surface area contributed by atoms with Gasteiger partial charge in [0.1, 0.15) is 23.0 Å². The molecule has 8 rings (SSSR count). The Labute approximate surface area is 251 Å². The monoisotopic (exact) mass is 552 g/mol. The Kier molecular flexibility index (Phi) is 6.05. The molecular formula is C41H28O2. The van der Waals surface area contributed by atoms with Gasteiger partial charge in [-0.1, -0.05) is 146 Å². The summed E-state index contributed by atoms with van der Waals surface area (Å²) in [4.78, 5) is 0. The van der Waals surface area contributed by atoms with Crippen LogP contribution in [0.2, 0.25) is 0 Å². The van der Waals surface area contributed by atoms with Crippen molar-refractivity contribution in [2.24, 2.45) is 0 Å². The molecule has 0 spiro atoms. The minimum absolute atomic E-state index is 0.528. The van der Waals surface area contributed by atoms with Crippen molar-refractivity contribution in [2.75, 3.05) is 0 Å². The predicted octanol–water partition coefficient (Wildman–Crippen LogP) is 10.8. The van der Waals surface area contributed by atoms with Crippen LogP contribution in [-0.4, -0.2) is 0 Å². The number of hydrogen-bond donors (Lipinski definition) is 0. The molecule has 2 heterocycles. The van der Waals surface area contributed by atoms with Gasteiger partial charge in [-0.2, -0.15) is 0 Å². The van der Waals surface area contributed by atoms with E-state index in [0.717, 1.165) is 45.3 Å². The maximum Gasteiger partial charge on any atom is 0.134 e. The summed E-state index contributed by atoms with van der Waals surface area (Å²) in [7, 11) is 0. The minimum Gasteiger partial charge on any atom is -0.457 e. The molecule has 0 amide bonds. The lowest BCUT2D eigenvalue weighted by Crippen LogP contribution is -2.34. The van der Waals surface area contributed by atoms with Gasteiger partial charge in [0.25, 0.3) is 0 Å². The smallest absolute Gasteiger partial charge is 0.134 e. The number of fused-ring (bicyclic) bond motifs is 2. The zero-order chi connectivity index (χ0) is 28.6. The van der Waals surface area contributed by atoms with Gasteiger partial charge in [0.2, 0.25) is 0 Å². The van der Waals surface area contributed by atoms with Gasteiger partial charge in [0.15, 0.2) is 0 Å². The van der Waals surface area contributed by atoms with Crippen molar-refractivity contribution in [3.8, 4) is 45.3 Å². The highest BCUT2D eigenvalue weighted by Crippen LogP contribution is 2.55. The molecule has 2 heteroatoms. The summed E-state index contributed by atoms with van der Waals surface area (Å²) in [6, 6.07) is 59.3. The second kappa shape index (κ2) is 10.3. The van der Waals surface area contributed by atoms with Crippen molar-refractivity contribution in [1.29, 1.82) is 0 Å². The van der Waals surface area contributed by atoms with E-state index < -0.39 is 5.41 Å². The van der Waals surface area contributed by atoms with Crippen molar-refractivity contribution in [2.45, 2.75) is 5.41 Å². The molecular weight excluding hydrogens is 524 g/mol. The second-order valence-electron chi connectivity index (χ2n) is 10.9. The second-order valence-corrected chi connectivity index (χ2v) is 10.9. The molecule has 1 aliphatic heterocycles. The van der Waals surface area contributed by atoms with Crippen LogP contribution in [0.1, 0.15) is 22.3 Å². The largest absolute Gasteiger partial charge is 0.457 e. The van der Waals surface area contributed by atoms with Gasteiger partial charge in [0.05, 0.1) is 5.41 Å². The van der Waals surface area contributed by atoms with Crippen molar-refractivity contribution in [3.63, 3.8) is 0 Å². The first-order valence-corrected chi connectivity index (χ1v) is 14.6. The highest BCUT2D eigenvalue weighted by molar-refractivity contribution is 5.74. The van der Waals surface area contributed by atoms with Gasteiger partial charge in [-0.15, -0.1) is 0 Å². The number of furan rings is 1. The summed E-state index contributed by atoms with van der Waals surface area (Å²) in [5.41, 5.74) is 8.51. The lowest BCUT2D eigenvalue weighted by atomic mass is 9.63. The van der Waals surface area contributed by atoms with E-state index in [-0.39, 0.29) is 0 Å². The summed E-state index contributed by atoms with van der Waals surface area (Å²) < 4.78 is 13.1. The molecule has 0 N–H and O–H groups in total. The maximum atomic E-state index is 6.64. The molecule has 1 aromatic heterocycles. The van der Waals surface area contributed by atoms with Crippen LogP contribution >= 0.6 is 0 Å². The highest BCUT2D eigenvalue weighted by atomic mass is 16.5. The van der Waals surface area contributed by atoms with Gasteiger partial charge in [-0.05, 0) is 46.5 Å². The molecule has 0 radical (unpaired) electrons. The van der Waals surface area contributed by atoms with E-state index >= 15 is 0 Å². The fourth-order valence-electron chi connectivity index (χ4n) is 6.47. The van der Waals surface area contributed by atoms with Crippen LogP contribution in [0.25, 0.3) is 33.8 Å². The van der Waals surface area contributed by atoms with Crippen LogP contribution in [0.15, 0.2) is 174 Å². The number of rotatable bonds is 5. The molecule has 1 aliphatic rings. The Morgan fingerprint density at radius 1 is 0.349 bits per heavy atom. The van der Waals surface area contributed by atoms with Crippen molar-refractivity contribution in [1.82, 2.24) is 0 Å². The molecule has 0 saturated heterocycles. The molecule has 0 aliphatic carbocycles. The first-order valence-electron chi connectivity index (χ1n) is 14.6. The molecule has 2 nitrogen and oxygen atoms in total. The molecule has 0 unspecified atom stereocenters. The van der Waals surface area contributed by atoms with E-state index in [4.69, 9.17) is 9.15 Å². The zero-order valence-electron chi connectivity index (χ0n) is 23.5. The standard InChI is InChI=1S/C41H28O2/c1-4-12-29(13-5-1)30-20-22-31(23-21-30)37-26-27-38(42-37)32-24-25-36-40(28-32)43-39-19-11-10-18-35(39)41(36,33-14-6-2-7-15-33)34-16-8-3-9-17-34/h1-28H. The Hall–Kier alpha value is -5.60. The summed E-state index contributed by atoms with van der Waals surface area (Å²) in [5.74, 6) is 3.33. The number of para-hydroxylation sites is 1. The van der Waals surface area contributed by atoms with Crippen molar-refractivity contribution in [3.05, 3.63) is 192 Å². The molecule has 0 bridgehead atoms. The molecule has 0 saturated carbocycles. The summed E-state index contributed by atoms with van der Waals surface area (Å²) in [6.45, 7) is 0. The highest BCUT2D eigenvalue weighted by Gasteiger charge is 2.45. The average Bonchev–Trinajstić information content (AvgIpc) is 3.59. The fourth-order valence-corrected chi connectivity index (χ4v) is 6.47. The third-order valence-electron chi connectivity index (χ3n) is 8.48. The fraction of sp³-hybridized carbons (Fsp3) is 0.0244. The van der Waals surface area contributed by atoms with E-state index in [9.17, 15) is 0 Å². The third kappa shape index (κ3) is 4.19. The Morgan fingerprint density at radius 3 is 1.51 bits per heavy atom. The van der Waals surface area contributed by atoms with E-state index in [1.54, 1.807) is 0 Å². The van der Waals surface area contributed by atoms with Crippen LogP contribution in [-0.2, 0) is 5.41 Å². The van der Waals surface area contributed by atoms with Gasteiger partial charge < -0.3 is 9.15 Å². The van der Waals surface area contributed by atoms with Gasteiger partial charge >= 0.3 is 0 Å². The third-order valence-corrected chi connectivity index (χ3v) is 8.48. The van der Waals surface area contributed by atoms with Crippen LogP contribution in [0.4, 0.5) is 0 Å². The van der Waals surface area contributed by atoms with Crippen LogP contribution in [0, 0.1) is 0 Å². The summed E-state index contributed by atoms with van der Waals surface area (Å²) >= 11 is 0. The Morgan fingerprint density at radius 2 is 0.837 bits per heavy atom. The molecule has 6 aromatic carbocycles. The first kappa shape index (κ1) is 25.1. The molecule has 0 atom stereocenters. The van der Waals surface area contributed by atoms with Gasteiger partial charge in [-0.25, -0.2) is 0 Å². The van der Waals surface area contributed by atoms with Crippen molar-refractivity contribution < 1.29 is 9.15 Å². The van der Waals surface area contributed by atoms with Gasteiger partial charge in [0, 0.05) is 22.3 Å². The minimum atomic E-state index is -0.528. The molecule has 43 heavy (non-hydrogen) atoms. The molecule has 7 aromatic rings. The first-order chi connectivity index (χ1) is 21.3. The zero-order valence-corrected chi connectivity index (χ0v) is 23.5. The molecule has 0 fully saturated rings. The van der Waals surface area contributed by atoms with E-state index in [0.29, 0.717) is 0 Å². The predicted molar refractivity (Wildman–Crippen MR) is 173 cm³/mol. The Bertz CT molecular complexity index is 1980. The number of benzene rings is 6. The average molecular weight is 553 g/mol. The van der Waals surface area contributed by atoms with E-state index in [1.807, 2.05) is 24.3 Å². The number of ether oxygens (including phenoxy) is 1. The quantitative estimate of drug-likeness (QED) is 0.212. The molecule has 204 valence electrons. The van der Waals surface area contributed by atoms with E-state index in [2.05, 4.69) is 146 Å². The van der Waals surface area contributed by atoms with Crippen LogP contribution in [0.3, 0.4) is 0 Å². The summed E-state index contributed by atoms with van der Waals surface area (Å²) in [5, 5.41) is 0. The number of hydrogen-bond acceptors (Lipinski definition) is 2. The lowest BCUT2D eigenvalue weighted by Gasteiger charge is -2.41. The van der Waals surface area contributed by atoms with Crippen LogP contribution < -0.4 is 4.74 Å². The lowest BCUT2D eigenvalue weighted by molar-refractivity contribution is 0.434. The summed E-state index contributed by atoms with van der Waals surface area (Å²) in [6.07, 6.45) is 0. The van der Waals surface area contributed by atoms with Crippen LogP contribution in [0.5, 0.6) is 11.5 Å². The van der Waals surface area contributed by atoms with Gasteiger partial charge in [-0.3, -0.25) is 0 Å². The maximum absolute atomic E-state index is 6.64. The van der Waals surface area contributed by atoms with Crippen molar-refractivity contribution >= 4 is 0 Å². The van der Waals surface area contributed by atoms with E-state index in [1.165, 1.54) is 22.3 Å². The normalized spacial score (nSPS) is 13.0. The topological polar surface area (TPSA) is 22.4 Å². The Balaban J connectivity index is 1.23.